The standard InChI is InChI=1S/C20H22BrFN4O5/c1-30-16(27)6-5-15(19(28)31-2)25-20(29)26-8-7-14-17(24-10-23-14)18(26)12-4-3-11(21)9-13(12)22/h3-4,9-10,15,18H,5-8H2,1-2H3,(H,23,24)(H,25,29)/t15-,18-/m0/s1. The number of carbonyl (C=O) groups excluding carboxylic acids is 3. The first-order chi connectivity index (χ1) is 14.8. The van der Waals surface area contributed by atoms with Crippen molar-refractivity contribution in [3.8, 4) is 0 Å². The highest BCUT2D eigenvalue weighted by Crippen LogP contribution is 2.35. The quantitative estimate of drug-likeness (QED) is 0.593. The van der Waals surface area contributed by atoms with Gasteiger partial charge in [-0.25, -0.2) is 19.0 Å². The molecule has 1 aliphatic rings. The molecule has 0 radical (unpaired) electrons. The lowest BCUT2D eigenvalue weighted by Crippen LogP contribution is -2.51. The van der Waals surface area contributed by atoms with Crippen molar-refractivity contribution in [1.29, 1.82) is 0 Å². The van der Waals surface area contributed by atoms with E-state index in [1.165, 1.54) is 31.5 Å². The molecule has 166 valence electrons. The van der Waals surface area contributed by atoms with Gasteiger partial charge in [0.05, 0.1) is 26.2 Å². The van der Waals surface area contributed by atoms with Crippen molar-refractivity contribution in [3.05, 3.63) is 51.8 Å². The van der Waals surface area contributed by atoms with Gasteiger partial charge >= 0.3 is 18.0 Å². The molecule has 2 heterocycles. The molecule has 2 atom stereocenters. The zero-order valence-corrected chi connectivity index (χ0v) is 18.6. The maximum Gasteiger partial charge on any atom is 0.328 e. The first-order valence-electron chi connectivity index (χ1n) is 9.54. The normalized spacial score (nSPS) is 16.3. The number of halogens is 2. The van der Waals surface area contributed by atoms with Gasteiger partial charge in [-0.2, -0.15) is 0 Å². The summed E-state index contributed by atoms with van der Waals surface area (Å²) < 4.78 is 24.7. The molecule has 2 N–H and O–H groups in total. The predicted molar refractivity (Wildman–Crippen MR) is 111 cm³/mol. The van der Waals surface area contributed by atoms with Crippen LogP contribution in [-0.2, 0) is 25.5 Å². The summed E-state index contributed by atoms with van der Waals surface area (Å²) in [4.78, 5) is 45.5. The molecular formula is C20H22BrFN4O5. The molecule has 0 spiro atoms. The summed E-state index contributed by atoms with van der Waals surface area (Å²) in [6.07, 6.45) is 1.92. The van der Waals surface area contributed by atoms with Gasteiger partial charge in [-0.3, -0.25) is 4.79 Å². The van der Waals surface area contributed by atoms with Gasteiger partial charge in [-0.1, -0.05) is 22.0 Å². The van der Waals surface area contributed by atoms with Crippen LogP contribution in [0.5, 0.6) is 0 Å². The summed E-state index contributed by atoms with van der Waals surface area (Å²) >= 11 is 3.24. The number of aromatic amines is 1. The fraction of sp³-hybridized carbons (Fsp3) is 0.400. The van der Waals surface area contributed by atoms with E-state index in [-0.39, 0.29) is 24.9 Å². The van der Waals surface area contributed by atoms with Gasteiger partial charge in [-0.15, -0.1) is 0 Å². The third-order valence-corrected chi connectivity index (χ3v) is 5.58. The van der Waals surface area contributed by atoms with Crippen molar-refractivity contribution in [2.75, 3.05) is 20.8 Å². The minimum Gasteiger partial charge on any atom is -0.469 e. The highest BCUT2D eigenvalue weighted by Gasteiger charge is 2.37. The summed E-state index contributed by atoms with van der Waals surface area (Å²) in [5.41, 5.74) is 1.62. The smallest absolute Gasteiger partial charge is 0.328 e. The van der Waals surface area contributed by atoms with Crippen LogP contribution < -0.4 is 5.32 Å². The minimum atomic E-state index is -1.06. The van der Waals surface area contributed by atoms with Gasteiger partial charge in [0, 0.05) is 35.1 Å². The summed E-state index contributed by atoms with van der Waals surface area (Å²) in [7, 11) is 2.43. The van der Waals surface area contributed by atoms with Gasteiger partial charge in [-0.05, 0) is 18.6 Å². The number of benzene rings is 1. The van der Waals surface area contributed by atoms with Crippen molar-refractivity contribution in [2.45, 2.75) is 31.3 Å². The summed E-state index contributed by atoms with van der Waals surface area (Å²) in [6.45, 7) is 0.270. The van der Waals surface area contributed by atoms with Gasteiger partial charge in [0.2, 0.25) is 0 Å². The molecule has 11 heteroatoms. The summed E-state index contributed by atoms with van der Waals surface area (Å²) in [5, 5.41) is 2.61. The molecule has 1 aliphatic heterocycles. The lowest BCUT2D eigenvalue weighted by Gasteiger charge is -2.36. The van der Waals surface area contributed by atoms with Crippen molar-refractivity contribution < 1.29 is 28.2 Å². The number of hydrogen-bond acceptors (Lipinski definition) is 6. The lowest BCUT2D eigenvalue weighted by molar-refractivity contribution is -0.144. The zero-order chi connectivity index (χ0) is 22.5. The van der Waals surface area contributed by atoms with Crippen molar-refractivity contribution >= 4 is 33.9 Å². The fourth-order valence-corrected chi connectivity index (χ4v) is 3.85. The van der Waals surface area contributed by atoms with Crippen molar-refractivity contribution in [2.24, 2.45) is 0 Å². The highest BCUT2D eigenvalue weighted by molar-refractivity contribution is 9.10. The van der Waals surface area contributed by atoms with Crippen LogP contribution in [0.15, 0.2) is 29.0 Å². The first-order valence-corrected chi connectivity index (χ1v) is 10.3. The number of fused-ring (bicyclic) bond motifs is 1. The number of esters is 2. The Morgan fingerprint density at radius 3 is 2.81 bits per heavy atom. The molecule has 1 aromatic carbocycles. The van der Waals surface area contributed by atoms with E-state index in [4.69, 9.17) is 4.74 Å². The molecule has 9 nitrogen and oxygen atoms in total. The fourth-order valence-electron chi connectivity index (χ4n) is 3.52. The monoisotopic (exact) mass is 496 g/mol. The SMILES string of the molecule is COC(=O)CC[C@H](NC(=O)N1CCc2[nH]cnc2[C@@H]1c1ccc(Br)cc1F)C(=O)OC. The Hall–Kier alpha value is -2.95. The van der Waals surface area contributed by atoms with Crippen LogP contribution in [-0.4, -0.2) is 59.6 Å². The second-order valence-corrected chi connectivity index (χ2v) is 7.83. The third-order valence-electron chi connectivity index (χ3n) is 5.09. The molecule has 0 fully saturated rings. The van der Waals surface area contributed by atoms with Crippen LogP contribution in [0.3, 0.4) is 0 Å². The molecule has 0 saturated heterocycles. The number of hydrogen-bond donors (Lipinski definition) is 2. The molecule has 0 unspecified atom stereocenters. The van der Waals surface area contributed by atoms with E-state index in [1.54, 1.807) is 12.1 Å². The number of urea groups is 1. The highest BCUT2D eigenvalue weighted by atomic mass is 79.9. The molecule has 0 bridgehead atoms. The van der Waals surface area contributed by atoms with Crippen LogP contribution in [0.4, 0.5) is 9.18 Å². The van der Waals surface area contributed by atoms with E-state index in [1.807, 2.05) is 0 Å². The number of imidazole rings is 1. The van der Waals surface area contributed by atoms with E-state index in [9.17, 15) is 18.8 Å². The molecule has 2 amide bonds. The molecular weight excluding hydrogens is 475 g/mol. The summed E-state index contributed by atoms with van der Waals surface area (Å²) in [5.74, 6) is -1.71. The molecule has 0 aliphatic carbocycles. The van der Waals surface area contributed by atoms with E-state index in [2.05, 4.69) is 36.0 Å². The Labute approximate surface area is 186 Å². The predicted octanol–water partition coefficient (Wildman–Crippen LogP) is 2.46. The maximum atomic E-state index is 14.8. The maximum absolute atomic E-state index is 14.8. The van der Waals surface area contributed by atoms with E-state index in [0.717, 1.165) is 5.69 Å². The third kappa shape index (κ3) is 5.04. The number of methoxy groups -OCH3 is 2. The molecule has 1 aromatic heterocycles. The molecule has 0 saturated carbocycles. The first kappa shape index (κ1) is 22.7. The molecule has 3 rings (SSSR count). The lowest BCUT2D eigenvalue weighted by atomic mass is 9.95. The number of amides is 2. The summed E-state index contributed by atoms with van der Waals surface area (Å²) in [6, 6.07) is 2.14. The number of aromatic nitrogens is 2. The van der Waals surface area contributed by atoms with Crippen molar-refractivity contribution in [1.82, 2.24) is 20.2 Å². The second-order valence-electron chi connectivity index (χ2n) is 6.92. The van der Waals surface area contributed by atoms with Gasteiger partial charge in [0.1, 0.15) is 17.9 Å². The Balaban J connectivity index is 1.88. The molecule has 31 heavy (non-hydrogen) atoms. The average molecular weight is 497 g/mol. The second kappa shape index (κ2) is 9.90. The Kier molecular flexibility index (Phi) is 7.26. The van der Waals surface area contributed by atoms with Crippen LogP contribution in [0, 0.1) is 5.82 Å². The van der Waals surface area contributed by atoms with Crippen LogP contribution in [0.1, 0.15) is 35.8 Å². The number of H-pyrrole nitrogens is 1. The van der Waals surface area contributed by atoms with Crippen LogP contribution in [0.2, 0.25) is 0 Å². The number of nitrogens with zero attached hydrogens (tertiary/aromatic N) is 2. The van der Waals surface area contributed by atoms with Crippen molar-refractivity contribution in [3.63, 3.8) is 0 Å². The number of nitrogens with one attached hydrogen (secondary N) is 2. The van der Waals surface area contributed by atoms with Crippen LogP contribution >= 0.6 is 15.9 Å². The van der Waals surface area contributed by atoms with E-state index < -0.39 is 35.9 Å². The van der Waals surface area contributed by atoms with Crippen LogP contribution in [0.25, 0.3) is 0 Å². The van der Waals surface area contributed by atoms with Gasteiger partial charge in [0.15, 0.2) is 0 Å². The number of ether oxygens (including phenoxy) is 2. The van der Waals surface area contributed by atoms with Gasteiger partial charge < -0.3 is 24.7 Å². The van der Waals surface area contributed by atoms with E-state index in [0.29, 0.717) is 16.6 Å². The Morgan fingerprint density at radius 1 is 1.35 bits per heavy atom. The number of carbonyl (C=O) groups is 3. The molecule has 2 aromatic rings. The Morgan fingerprint density at radius 2 is 2.13 bits per heavy atom. The van der Waals surface area contributed by atoms with Gasteiger partial charge in [0.25, 0.3) is 0 Å². The minimum absolute atomic E-state index is 0.00386. The zero-order valence-electron chi connectivity index (χ0n) is 17.0. The Bertz CT molecular complexity index is 982. The number of rotatable bonds is 6. The topological polar surface area (TPSA) is 114 Å². The average Bonchev–Trinajstić information content (AvgIpc) is 3.24. The largest absolute Gasteiger partial charge is 0.469 e. The van der Waals surface area contributed by atoms with E-state index >= 15 is 0 Å².